The molecule has 1 rings (SSSR count). The van der Waals surface area contributed by atoms with Crippen molar-refractivity contribution < 1.29 is 4.79 Å². The third-order valence-electron chi connectivity index (χ3n) is 1.22. The molecule has 0 aromatic heterocycles. The third-order valence-corrected chi connectivity index (χ3v) is 1.22. The second-order valence-electron chi connectivity index (χ2n) is 1.96. The highest BCUT2D eigenvalue weighted by Crippen LogP contribution is 2.35. The predicted molar refractivity (Wildman–Crippen MR) is 27.8 cm³/mol. The van der Waals surface area contributed by atoms with Gasteiger partial charge in [-0.1, -0.05) is 0 Å². The van der Waals surface area contributed by atoms with Crippen LogP contribution in [-0.2, 0) is 4.79 Å². The highest BCUT2D eigenvalue weighted by molar-refractivity contribution is 5.49. The highest BCUT2D eigenvalue weighted by atomic mass is 16.1. The van der Waals surface area contributed by atoms with E-state index in [9.17, 15) is 4.79 Å². The molecule has 0 heterocycles. The molecule has 1 aliphatic rings. The molecular formula is C6H9O. The topological polar surface area (TPSA) is 17.1 Å². The van der Waals surface area contributed by atoms with E-state index in [0.29, 0.717) is 0 Å². The summed E-state index contributed by atoms with van der Waals surface area (Å²) in [6, 6.07) is 0. The van der Waals surface area contributed by atoms with Gasteiger partial charge >= 0.3 is 0 Å². The first-order valence-corrected chi connectivity index (χ1v) is 2.70. The number of carbonyl (C=O) groups excluding carboxylic acids is 1. The molecule has 1 nitrogen and oxygen atoms in total. The van der Waals surface area contributed by atoms with Crippen molar-refractivity contribution in [2.24, 2.45) is 0 Å². The summed E-state index contributed by atoms with van der Waals surface area (Å²) >= 11 is 0. The number of hydrogen-bond donors (Lipinski definition) is 0. The van der Waals surface area contributed by atoms with Crippen LogP contribution in [0.5, 0.6) is 0 Å². The van der Waals surface area contributed by atoms with E-state index in [1.807, 2.05) is 0 Å². The number of hydrogen-bond acceptors (Lipinski definition) is 1. The van der Waals surface area contributed by atoms with Crippen LogP contribution in [0.1, 0.15) is 25.7 Å². The highest BCUT2D eigenvalue weighted by Gasteiger charge is 2.20. The van der Waals surface area contributed by atoms with Gasteiger partial charge in [0.1, 0.15) is 6.29 Å². The lowest BCUT2D eigenvalue weighted by Crippen LogP contribution is -1.74. The molecule has 1 fully saturated rings. The second kappa shape index (κ2) is 2.10. The van der Waals surface area contributed by atoms with Crippen LogP contribution >= 0.6 is 0 Å². The van der Waals surface area contributed by atoms with E-state index in [1.165, 1.54) is 12.8 Å². The van der Waals surface area contributed by atoms with Crippen LogP contribution in [0, 0.1) is 5.92 Å². The zero-order valence-electron chi connectivity index (χ0n) is 4.31. The standard InChI is InChI=1S/C6H9O/c7-5-1-2-6-3-4-6/h5H,1-4H2. The van der Waals surface area contributed by atoms with Gasteiger partial charge in [0, 0.05) is 6.42 Å². The van der Waals surface area contributed by atoms with Crippen LogP contribution in [0.2, 0.25) is 0 Å². The molecule has 1 heteroatoms. The summed E-state index contributed by atoms with van der Waals surface area (Å²) in [6.45, 7) is 0. The average Bonchev–Trinajstić information content (AvgIpc) is 2.42. The largest absolute Gasteiger partial charge is 0.303 e. The maximum absolute atomic E-state index is 9.72. The van der Waals surface area contributed by atoms with Gasteiger partial charge in [0.15, 0.2) is 0 Å². The SMILES string of the molecule is O=CCC[C]1CC1. The van der Waals surface area contributed by atoms with Crippen LogP contribution in [0.3, 0.4) is 0 Å². The minimum absolute atomic E-state index is 0.745. The lowest BCUT2D eigenvalue weighted by molar-refractivity contribution is -0.107. The van der Waals surface area contributed by atoms with E-state index < -0.39 is 0 Å². The predicted octanol–water partition coefficient (Wildman–Crippen LogP) is 1.33. The Morgan fingerprint density at radius 3 is 2.71 bits per heavy atom. The fourth-order valence-electron chi connectivity index (χ4n) is 0.601. The van der Waals surface area contributed by atoms with Crippen LogP contribution < -0.4 is 0 Å². The van der Waals surface area contributed by atoms with Crippen molar-refractivity contribution >= 4 is 6.29 Å². The molecule has 7 heavy (non-hydrogen) atoms. The van der Waals surface area contributed by atoms with E-state index in [1.54, 1.807) is 5.92 Å². The minimum atomic E-state index is 0.745. The van der Waals surface area contributed by atoms with Gasteiger partial charge in [-0.2, -0.15) is 0 Å². The second-order valence-corrected chi connectivity index (χ2v) is 1.96. The summed E-state index contributed by atoms with van der Waals surface area (Å²) in [7, 11) is 0. The molecule has 0 N–H and O–H groups in total. The third kappa shape index (κ3) is 1.72. The van der Waals surface area contributed by atoms with E-state index in [0.717, 1.165) is 19.1 Å². The Morgan fingerprint density at radius 2 is 2.29 bits per heavy atom. The van der Waals surface area contributed by atoms with E-state index in [-0.39, 0.29) is 0 Å². The average molecular weight is 97.1 g/mol. The quantitative estimate of drug-likeness (QED) is 0.485. The Hall–Kier alpha value is -0.330. The Bertz CT molecular complexity index is 64.6. The molecule has 0 spiro atoms. The molecule has 0 amide bonds. The molecule has 39 valence electrons. The summed E-state index contributed by atoms with van der Waals surface area (Å²) in [6.07, 6.45) is 5.37. The summed E-state index contributed by atoms with van der Waals surface area (Å²) in [5, 5.41) is 0. The molecule has 1 saturated carbocycles. The van der Waals surface area contributed by atoms with Gasteiger partial charge in [0.2, 0.25) is 0 Å². The van der Waals surface area contributed by atoms with Crippen LogP contribution in [-0.4, -0.2) is 6.29 Å². The molecule has 1 radical (unpaired) electrons. The van der Waals surface area contributed by atoms with Crippen molar-refractivity contribution in [1.29, 1.82) is 0 Å². The van der Waals surface area contributed by atoms with Crippen molar-refractivity contribution in [3.05, 3.63) is 5.92 Å². The van der Waals surface area contributed by atoms with E-state index in [2.05, 4.69) is 0 Å². The Kier molecular flexibility index (Phi) is 1.45. The lowest BCUT2D eigenvalue weighted by Gasteiger charge is -1.81. The Balaban J connectivity index is 1.88. The van der Waals surface area contributed by atoms with E-state index >= 15 is 0 Å². The molecule has 0 bridgehead atoms. The van der Waals surface area contributed by atoms with Crippen LogP contribution in [0.15, 0.2) is 0 Å². The smallest absolute Gasteiger partial charge is 0.120 e. The van der Waals surface area contributed by atoms with Gasteiger partial charge < -0.3 is 4.79 Å². The van der Waals surface area contributed by atoms with Gasteiger partial charge in [-0.25, -0.2) is 0 Å². The van der Waals surface area contributed by atoms with Crippen molar-refractivity contribution in [1.82, 2.24) is 0 Å². The molecule has 0 aromatic carbocycles. The van der Waals surface area contributed by atoms with Crippen molar-refractivity contribution in [2.45, 2.75) is 25.7 Å². The van der Waals surface area contributed by atoms with Gasteiger partial charge in [0.25, 0.3) is 0 Å². The van der Waals surface area contributed by atoms with Crippen molar-refractivity contribution in [3.8, 4) is 0 Å². The summed E-state index contributed by atoms with van der Waals surface area (Å²) in [5.41, 5.74) is 0. The first kappa shape index (κ1) is 4.82. The maximum atomic E-state index is 9.72. The normalized spacial score (nSPS) is 19.4. The first-order valence-electron chi connectivity index (χ1n) is 2.70. The van der Waals surface area contributed by atoms with Crippen molar-refractivity contribution in [3.63, 3.8) is 0 Å². The maximum Gasteiger partial charge on any atom is 0.120 e. The zero-order valence-corrected chi connectivity index (χ0v) is 4.31. The summed E-state index contributed by atoms with van der Waals surface area (Å²) in [5.74, 6) is 1.58. The first-order chi connectivity index (χ1) is 3.43. The fourth-order valence-corrected chi connectivity index (χ4v) is 0.601. The number of carbonyl (C=O) groups is 1. The number of aldehydes is 1. The zero-order chi connectivity index (χ0) is 5.11. The van der Waals surface area contributed by atoms with Gasteiger partial charge in [-0.15, -0.1) is 0 Å². The van der Waals surface area contributed by atoms with Gasteiger partial charge in [-0.05, 0) is 25.2 Å². The summed E-state index contributed by atoms with van der Waals surface area (Å²) in [4.78, 5) is 9.72. The van der Waals surface area contributed by atoms with Gasteiger partial charge in [0.05, 0.1) is 0 Å². The summed E-state index contributed by atoms with van der Waals surface area (Å²) < 4.78 is 0. The van der Waals surface area contributed by atoms with Crippen LogP contribution in [0.25, 0.3) is 0 Å². The molecule has 0 unspecified atom stereocenters. The van der Waals surface area contributed by atoms with Crippen molar-refractivity contribution in [2.75, 3.05) is 0 Å². The Morgan fingerprint density at radius 1 is 1.57 bits per heavy atom. The van der Waals surface area contributed by atoms with Gasteiger partial charge in [-0.3, -0.25) is 0 Å². The fraction of sp³-hybridized carbons (Fsp3) is 0.667. The molecule has 0 aliphatic heterocycles. The monoisotopic (exact) mass is 97.1 g/mol. The molecule has 0 atom stereocenters. The molecule has 0 aromatic rings. The molecule has 1 aliphatic carbocycles. The lowest BCUT2D eigenvalue weighted by atomic mass is 10.2. The minimum Gasteiger partial charge on any atom is -0.303 e. The van der Waals surface area contributed by atoms with Crippen LogP contribution in [0.4, 0.5) is 0 Å². The molecular weight excluding hydrogens is 88.1 g/mol. The number of rotatable bonds is 3. The molecule has 0 saturated heterocycles. The Labute approximate surface area is 43.7 Å². The van der Waals surface area contributed by atoms with E-state index in [4.69, 9.17) is 0 Å².